The topological polar surface area (TPSA) is 15.8 Å². The van der Waals surface area contributed by atoms with Gasteiger partial charge in [0.05, 0.1) is 0 Å². The van der Waals surface area contributed by atoms with Gasteiger partial charge in [0.15, 0.2) is 0 Å². The fraction of sp³-hybridized carbons (Fsp3) is 0.385. The monoisotopic (exact) mass is 187 g/mol. The SMILES string of the molecule is Cc1cccc2c(CC(C)C)c[nH]c12. The predicted octanol–water partition coefficient (Wildman–Crippen LogP) is 3.67. The highest BCUT2D eigenvalue weighted by Crippen LogP contribution is 2.23. The van der Waals surface area contributed by atoms with Gasteiger partial charge in [0.2, 0.25) is 0 Å². The Morgan fingerprint density at radius 2 is 2.07 bits per heavy atom. The van der Waals surface area contributed by atoms with Crippen LogP contribution in [0.3, 0.4) is 0 Å². The summed E-state index contributed by atoms with van der Waals surface area (Å²) in [6.45, 7) is 6.67. The minimum Gasteiger partial charge on any atom is -0.361 e. The van der Waals surface area contributed by atoms with Crippen LogP contribution in [-0.2, 0) is 6.42 Å². The maximum absolute atomic E-state index is 3.36. The third-order valence-electron chi connectivity index (χ3n) is 2.64. The number of nitrogens with one attached hydrogen (secondary N) is 1. The van der Waals surface area contributed by atoms with E-state index < -0.39 is 0 Å². The molecule has 2 aromatic rings. The van der Waals surface area contributed by atoms with Gasteiger partial charge in [-0.15, -0.1) is 0 Å². The van der Waals surface area contributed by atoms with E-state index >= 15 is 0 Å². The Labute approximate surface area is 85.1 Å². The summed E-state index contributed by atoms with van der Waals surface area (Å²) in [4.78, 5) is 3.36. The lowest BCUT2D eigenvalue weighted by Gasteiger charge is -2.02. The second-order valence-electron chi connectivity index (χ2n) is 4.41. The van der Waals surface area contributed by atoms with Gasteiger partial charge in [0, 0.05) is 17.1 Å². The van der Waals surface area contributed by atoms with Gasteiger partial charge >= 0.3 is 0 Å². The Hall–Kier alpha value is -1.24. The van der Waals surface area contributed by atoms with Gasteiger partial charge in [-0.1, -0.05) is 32.0 Å². The van der Waals surface area contributed by atoms with Crippen LogP contribution < -0.4 is 0 Å². The molecule has 0 saturated carbocycles. The maximum atomic E-state index is 3.36. The summed E-state index contributed by atoms with van der Waals surface area (Å²) in [7, 11) is 0. The number of fused-ring (bicyclic) bond motifs is 1. The third kappa shape index (κ3) is 1.54. The first-order valence-corrected chi connectivity index (χ1v) is 5.24. The quantitative estimate of drug-likeness (QED) is 0.738. The zero-order chi connectivity index (χ0) is 10.1. The molecule has 1 N–H and O–H groups in total. The van der Waals surface area contributed by atoms with Crippen molar-refractivity contribution in [1.82, 2.24) is 4.98 Å². The summed E-state index contributed by atoms with van der Waals surface area (Å²) in [6, 6.07) is 6.49. The molecule has 0 aliphatic rings. The van der Waals surface area contributed by atoms with Crippen molar-refractivity contribution in [2.24, 2.45) is 5.92 Å². The van der Waals surface area contributed by atoms with E-state index in [0.29, 0.717) is 0 Å². The van der Waals surface area contributed by atoms with Crippen LogP contribution in [0.4, 0.5) is 0 Å². The van der Waals surface area contributed by atoms with Gasteiger partial charge < -0.3 is 4.98 Å². The first-order chi connectivity index (χ1) is 6.68. The first-order valence-electron chi connectivity index (χ1n) is 5.24. The minimum absolute atomic E-state index is 0.717. The number of rotatable bonds is 2. The van der Waals surface area contributed by atoms with E-state index in [1.165, 1.54) is 22.0 Å². The molecule has 1 aromatic heterocycles. The van der Waals surface area contributed by atoms with Crippen molar-refractivity contribution in [3.05, 3.63) is 35.5 Å². The van der Waals surface area contributed by atoms with E-state index in [-0.39, 0.29) is 0 Å². The summed E-state index contributed by atoms with van der Waals surface area (Å²) in [5, 5.41) is 1.39. The lowest BCUT2D eigenvalue weighted by molar-refractivity contribution is 0.650. The molecule has 0 aliphatic carbocycles. The molecule has 0 bridgehead atoms. The van der Waals surface area contributed by atoms with E-state index in [0.717, 1.165) is 12.3 Å². The summed E-state index contributed by atoms with van der Waals surface area (Å²) in [5.41, 5.74) is 4.07. The smallest absolute Gasteiger partial charge is 0.0486 e. The number of benzene rings is 1. The Bertz CT molecular complexity index is 437. The largest absolute Gasteiger partial charge is 0.361 e. The second-order valence-corrected chi connectivity index (χ2v) is 4.41. The molecular weight excluding hydrogens is 170 g/mol. The molecule has 1 nitrogen and oxygen atoms in total. The van der Waals surface area contributed by atoms with Crippen molar-refractivity contribution >= 4 is 10.9 Å². The Morgan fingerprint density at radius 1 is 1.29 bits per heavy atom. The molecule has 0 aliphatic heterocycles. The highest BCUT2D eigenvalue weighted by Gasteiger charge is 2.06. The highest BCUT2D eigenvalue weighted by molar-refractivity contribution is 5.85. The summed E-state index contributed by atoms with van der Waals surface area (Å²) in [6.07, 6.45) is 3.31. The Balaban J connectivity index is 2.52. The number of hydrogen-bond donors (Lipinski definition) is 1. The average molecular weight is 187 g/mol. The zero-order valence-corrected chi connectivity index (χ0v) is 9.09. The van der Waals surface area contributed by atoms with Crippen LogP contribution in [0.2, 0.25) is 0 Å². The van der Waals surface area contributed by atoms with Gasteiger partial charge in [-0.2, -0.15) is 0 Å². The Morgan fingerprint density at radius 3 is 2.79 bits per heavy atom. The van der Waals surface area contributed by atoms with Crippen LogP contribution in [0.1, 0.15) is 25.0 Å². The number of aromatic amines is 1. The van der Waals surface area contributed by atoms with E-state index in [1.54, 1.807) is 0 Å². The van der Waals surface area contributed by atoms with Crippen LogP contribution in [-0.4, -0.2) is 4.98 Å². The van der Waals surface area contributed by atoms with Crippen LogP contribution in [0.15, 0.2) is 24.4 Å². The summed E-state index contributed by atoms with van der Waals surface area (Å²) >= 11 is 0. The number of aromatic nitrogens is 1. The molecular formula is C13H17N. The molecule has 0 radical (unpaired) electrons. The fourth-order valence-corrected chi connectivity index (χ4v) is 1.97. The van der Waals surface area contributed by atoms with Crippen molar-refractivity contribution in [3.8, 4) is 0 Å². The fourth-order valence-electron chi connectivity index (χ4n) is 1.97. The average Bonchev–Trinajstić information content (AvgIpc) is 2.49. The van der Waals surface area contributed by atoms with Gasteiger partial charge in [0.1, 0.15) is 0 Å². The first kappa shape index (κ1) is 9.32. The Kier molecular flexibility index (Phi) is 2.32. The van der Waals surface area contributed by atoms with E-state index in [1.807, 2.05) is 0 Å². The third-order valence-corrected chi connectivity index (χ3v) is 2.64. The molecule has 14 heavy (non-hydrogen) atoms. The van der Waals surface area contributed by atoms with Crippen LogP contribution in [0.5, 0.6) is 0 Å². The number of para-hydroxylation sites is 1. The van der Waals surface area contributed by atoms with Crippen molar-refractivity contribution < 1.29 is 0 Å². The van der Waals surface area contributed by atoms with E-state index in [4.69, 9.17) is 0 Å². The lowest BCUT2D eigenvalue weighted by atomic mass is 10.0. The number of hydrogen-bond acceptors (Lipinski definition) is 0. The zero-order valence-electron chi connectivity index (χ0n) is 9.09. The molecule has 1 aromatic carbocycles. The van der Waals surface area contributed by atoms with E-state index in [9.17, 15) is 0 Å². The molecule has 1 heterocycles. The van der Waals surface area contributed by atoms with Gasteiger partial charge in [-0.25, -0.2) is 0 Å². The molecule has 0 unspecified atom stereocenters. The molecule has 0 saturated heterocycles. The predicted molar refractivity (Wildman–Crippen MR) is 61.6 cm³/mol. The van der Waals surface area contributed by atoms with Crippen molar-refractivity contribution in [2.45, 2.75) is 27.2 Å². The van der Waals surface area contributed by atoms with Crippen LogP contribution >= 0.6 is 0 Å². The van der Waals surface area contributed by atoms with Crippen molar-refractivity contribution in [1.29, 1.82) is 0 Å². The van der Waals surface area contributed by atoms with Gasteiger partial charge in [0.25, 0.3) is 0 Å². The maximum Gasteiger partial charge on any atom is 0.0486 e. The van der Waals surface area contributed by atoms with Crippen molar-refractivity contribution in [2.75, 3.05) is 0 Å². The second kappa shape index (κ2) is 3.49. The van der Waals surface area contributed by atoms with Crippen LogP contribution in [0.25, 0.3) is 10.9 Å². The summed E-state index contributed by atoms with van der Waals surface area (Å²) < 4.78 is 0. The van der Waals surface area contributed by atoms with E-state index in [2.05, 4.69) is 50.2 Å². The minimum atomic E-state index is 0.717. The normalized spacial score (nSPS) is 11.4. The standard InChI is InChI=1S/C13H17N/c1-9(2)7-11-8-14-13-10(3)5-4-6-12(11)13/h4-6,8-9,14H,7H2,1-3H3. The van der Waals surface area contributed by atoms with Gasteiger partial charge in [-0.3, -0.25) is 0 Å². The lowest BCUT2D eigenvalue weighted by Crippen LogP contribution is -1.92. The van der Waals surface area contributed by atoms with Gasteiger partial charge in [-0.05, 0) is 30.4 Å². The highest BCUT2D eigenvalue weighted by atomic mass is 14.7. The van der Waals surface area contributed by atoms with Crippen LogP contribution in [0, 0.1) is 12.8 Å². The molecule has 0 atom stereocenters. The number of H-pyrrole nitrogens is 1. The molecule has 74 valence electrons. The number of aryl methyl sites for hydroxylation is 1. The molecule has 1 heteroatoms. The van der Waals surface area contributed by atoms with Crippen molar-refractivity contribution in [3.63, 3.8) is 0 Å². The molecule has 0 amide bonds. The molecule has 0 fully saturated rings. The molecule has 0 spiro atoms. The summed E-state index contributed by atoms with van der Waals surface area (Å²) in [5.74, 6) is 0.717. The molecule has 2 rings (SSSR count).